The quantitative estimate of drug-likeness (QED) is 0.496. The van der Waals surface area contributed by atoms with Gasteiger partial charge in [-0.25, -0.2) is 0 Å². The summed E-state index contributed by atoms with van der Waals surface area (Å²) in [5, 5.41) is 0. The van der Waals surface area contributed by atoms with Crippen molar-refractivity contribution in [3.05, 3.63) is 12.2 Å². The molecule has 2 bridgehead atoms. The van der Waals surface area contributed by atoms with E-state index in [2.05, 4.69) is 12.2 Å². The summed E-state index contributed by atoms with van der Waals surface area (Å²) in [7, 11) is 0. The second-order valence-electron chi connectivity index (χ2n) is 5.48. The van der Waals surface area contributed by atoms with Gasteiger partial charge in [-0.05, 0) is 38.5 Å². The minimum Gasteiger partial charge on any atom is -0.280 e. The highest BCUT2D eigenvalue weighted by Gasteiger charge is 2.56. The Hall–Kier alpha value is -1.12. The topological polar surface area (TPSA) is 37.4 Å². The van der Waals surface area contributed by atoms with Crippen LogP contribution in [0.2, 0.25) is 0 Å². The summed E-state index contributed by atoms with van der Waals surface area (Å²) in [6.07, 6.45) is 6.47. The number of hydrogen-bond acceptors (Lipinski definition) is 2. The number of imide groups is 1. The fraction of sp³-hybridized carbons (Fsp3) is 0.692. The maximum atomic E-state index is 12.3. The van der Waals surface area contributed by atoms with Gasteiger partial charge in [-0.2, -0.15) is 0 Å². The minimum absolute atomic E-state index is 0.00463. The average Bonchev–Trinajstić information content (AvgIpc) is 2.55. The molecule has 2 fully saturated rings. The molecule has 1 heterocycles. The lowest BCUT2D eigenvalue weighted by Gasteiger charge is -2.38. The summed E-state index contributed by atoms with van der Waals surface area (Å²) in [5.74, 6) is 0.691. The molecule has 0 aromatic carbocycles. The second-order valence-corrected chi connectivity index (χ2v) is 5.48. The molecule has 2 amide bonds. The fourth-order valence-electron chi connectivity index (χ4n) is 3.61. The zero-order valence-electron chi connectivity index (χ0n) is 9.72. The number of amides is 2. The first-order chi connectivity index (χ1) is 7.61. The molecule has 3 nitrogen and oxygen atoms in total. The van der Waals surface area contributed by atoms with Crippen LogP contribution in [0.4, 0.5) is 0 Å². The maximum absolute atomic E-state index is 12.3. The van der Waals surface area contributed by atoms with Crippen LogP contribution in [0.3, 0.4) is 0 Å². The Labute approximate surface area is 95.5 Å². The van der Waals surface area contributed by atoms with Gasteiger partial charge in [0.15, 0.2) is 0 Å². The minimum atomic E-state index is -0.0429. The predicted molar refractivity (Wildman–Crippen MR) is 59.3 cm³/mol. The molecule has 1 saturated carbocycles. The van der Waals surface area contributed by atoms with Crippen LogP contribution in [-0.2, 0) is 9.59 Å². The number of likely N-dealkylation sites (tertiary alicyclic amines) is 1. The Morgan fingerprint density at radius 2 is 1.50 bits per heavy atom. The monoisotopic (exact) mass is 219 g/mol. The number of fused-ring (bicyclic) bond motifs is 1. The first-order valence-electron chi connectivity index (χ1n) is 6.16. The molecule has 3 heteroatoms. The van der Waals surface area contributed by atoms with E-state index in [0.717, 1.165) is 12.8 Å². The standard InChI is InChI=1S/C13H17NO2/c1-7(2)14-12(15)10-8-3-4-9(6-5-8)11(10)13(14)16/h3-4,7-11H,5-6H2,1-2H3/t8?,9?,10-,11+. The molecule has 3 aliphatic carbocycles. The fourth-order valence-corrected chi connectivity index (χ4v) is 3.61. The van der Waals surface area contributed by atoms with Crippen LogP contribution in [-0.4, -0.2) is 22.8 Å². The van der Waals surface area contributed by atoms with Crippen molar-refractivity contribution in [3.8, 4) is 0 Å². The second kappa shape index (κ2) is 3.19. The summed E-state index contributed by atoms with van der Waals surface area (Å²) < 4.78 is 0. The van der Waals surface area contributed by atoms with E-state index in [4.69, 9.17) is 0 Å². The zero-order chi connectivity index (χ0) is 11.4. The number of carbonyl (C=O) groups is 2. The first kappa shape index (κ1) is 10.1. The van der Waals surface area contributed by atoms with Crippen LogP contribution in [0.1, 0.15) is 26.7 Å². The Bertz CT molecular complexity index is 353. The van der Waals surface area contributed by atoms with Crippen molar-refractivity contribution in [1.82, 2.24) is 4.90 Å². The van der Waals surface area contributed by atoms with E-state index < -0.39 is 0 Å². The Morgan fingerprint density at radius 3 is 1.81 bits per heavy atom. The van der Waals surface area contributed by atoms with Crippen LogP contribution in [0.5, 0.6) is 0 Å². The Kier molecular flexibility index (Phi) is 2.00. The molecular weight excluding hydrogens is 202 g/mol. The average molecular weight is 219 g/mol. The predicted octanol–water partition coefficient (Wildman–Crippen LogP) is 1.59. The van der Waals surface area contributed by atoms with Crippen molar-refractivity contribution < 1.29 is 9.59 Å². The lowest BCUT2D eigenvalue weighted by molar-refractivity contribution is -0.142. The largest absolute Gasteiger partial charge is 0.280 e. The molecule has 0 radical (unpaired) electrons. The van der Waals surface area contributed by atoms with Gasteiger partial charge in [0.2, 0.25) is 11.8 Å². The zero-order valence-corrected chi connectivity index (χ0v) is 9.72. The van der Waals surface area contributed by atoms with Gasteiger partial charge in [-0.1, -0.05) is 12.2 Å². The molecule has 1 saturated heterocycles. The molecule has 4 rings (SSSR count). The van der Waals surface area contributed by atoms with E-state index >= 15 is 0 Å². The van der Waals surface area contributed by atoms with Crippen molar-refractivity contribution in [2.75, 3.05) is 0 Å². The van der Waals surface area contributed by atoms with Crippen molar-refractivity contribution in [1.29, 1.82) is 0 Å². The molecule has 0 aromatic heterocycles. The lowest BCUT2D eigenvalue weighted by Crippen LogP contribution is -2.38. The molecule has 2 unspecified atom stereocenters. The molecule has 86 valence electrons. The molecule has 0 N–H and O–H groups in total. The summed E-state index contributed by atoms with van der Waals surface area (Å²) >= 11 is 0. The third kappa shape index (κ3) is 1.09. The number of nitrogens with zero attached hydrogens (tertiary/aromatic N) is 1. The van der Waals surface area contributed by atoms with Gasteiger partial charge in [0.25, 0.3) is 0 Å². The molecule has 0 aromatic rings. The summed E-state index contributed by atoms with van der Waals surface area (Å²) in [6, 6.07) is 0.00463. The molecule has 4 aliphatic rings. The van der Waals surface area contributed by atoms with Gasteiger partial charge in [0.05, 0.1) is 11.8 Å². The van der Waals surface area contributed by atoms with Gasteiger partial charge in [-0.3, -0.25) is 14.5 Å². The van der Waals surface area contributed by atoms with E-state index in [1.807, 2.05) is 13.8 Å². The van der Waals surface area contributed by atoms with Crippen molar-refractivity contribution in [3.63, 3.8) is 0 Å². The van der Waals surface area contributed by atoms with Crippen molar-refractivity contribution in [2.45, 2.75) is 32.7 Å². The van der Waals surface area contributed by atoms with E-state index in [9.17, 15) is 9.59 Å². The SMILES string of the molecule is CC(C)N1C(=O)[C@@H]2C3C=CC(CC3)[C@@H]2C1=O. The molecular formula is C13H17NO2. The number of hydrogen-bond donors (Lipinski definition) is 0. The van der Waals surface area contributed by atoms with Crippen molar-refractivity contribution in [2.24, 2.45) is 23.7 Å². The highest BCUT2D eigenvalue weighted by Crippen LogP contribution is 2.49. The number of allylic oxidation sites excluding steroid dienone is 2. The van der Waals surface area contributed by atoms with Crippen LogP contribution >= 0.6 is 0 Å². The molecule has 4 atom stereocenters. The van der Waals surface area contributed by atoms with Gasteiger partial charge < -0.3 is 0 Å². The Balaban J connectivity index is 2.01. The van der Waals surface area contributed by atoms with Gasteiger partial charge in [-0.15, -0.1) is 0 Å². The van der Waals surface area contributed by atoms with E-state index in [0.29, 0.717) is 11.8 Å². The highest BCUT2D eigenvalue weighted by atomic mass is 16.2. The summed E-state index contributed by atoms with van der Waals surface area (Å²) in [6.45, 7) is 3.84. The normalized spacial score (nSPS) is 41.1. The summed E-state index contributed by atoms with van der Waals surface area (Å²) in [5.41, 5.74) is 0. The van der Waals surface area contributed by atoms with E-state index in [-0.39, 0.29) is 29.7 Å². The van der Waals surface area contributed by atoms with E-state index in [1.165, 1.54) is 4.90 Å². The molecule has 0 spiro atoms. The Morgan fingerprint density at radius 1 is 1.06 bits per heavy atom. The maximum Gasteiger partial charge on any atom is 0.233 e. The smallest absolute Gasteiger partial charge is 0.233 e. The van der Waals surface area contributed by atoms with E-state index in [1.54, 1.807) is 0 Å². The number of rotatable bonds is 1. The van der Waals surface area contributed by atoms with Gasteiger partial charge in [0.1, 0.15) is 0 Å². The van der Waals surface area contributed by atoms with Crippen LogP contribution in [0, 0.1) is 23.7 Å². The molecule has 1 aliphatic heterocycles. The first-order valence-corrected chi connectivity index (χ1v) is 6.16. The van der Waals surface area contributed by atoms with Crippen molar-refractivity contribution >= 4 is 11.8 Å². The third-order valence-electron chi connectivity index (χ3n) is 4.31. The van der Waals surface area contributed by atoms with Crippen LogP contribution in [0.25, 0.3) is 0 Å². The van der Waals surface area contributed by atoms with Gasteiger partial charge >= 0.3 is 0 Å². The number of carbonyl (C=O) groups excluding carboxylic acids is 2. The third-order valence-corrected chi connectivity index (χ3v) is 4.31. The lowest BCUT2D eigenvalue weighted by atomic mass is 9.63. The van der Waals surface area contributed by atoms with Gasteiger partial charge in [0, 0.05) is 6.04 Å². The highest BCUT2D eigenvalue weighted by molar-refractivity contribution is 6.06. The van der Waals surface area contributed by atoms with Crippen LogP contribution in [0.15, 0.2) is 12.2 Å². The summed E-state index contributed by atoms with van der Waals surface area (Å²) in [4.78, 5) is 26.0. The molecule has 16 heavy (non-hydrogen) atoms. The van der Waals surface area contributed by atoms with Crippen LogP contribution < -0.4 is 0 Å².